The second-order valence-electron chi connectivity index (χ2n) is 5.67. The fourth-order valence-corrected chi connectivity index (χ4v) is 2.40. The third-order valence-corrected chi connectivity index (χ3v) is 3.80. The summed E-state index contributed by atoms with van der Waals surface area (Å²) in [5.74, 6) is -0.516. The van der Waals surface area contributed by atoms with E-state index in [9.17, 15) is 14.4 Å². The number of rotatable bonds is 4. The van der Waals surface area contributed by atoms with E-state index >= 15 is 0 Å². The molecule has 1 aliphatic heterocycles. The molecule has 0 aliphatic carbocycles. The molecule has 0 saturated carbocycles. The molecular formula is C16H21N3O3. The standard InChI is InChI=1S/C16H21N3O3/c1-12-16(22)18(9-13-7-5-4-6-8-13)10-15(21)19(12)11-14(20)17(2)3/h4-8,12H,9-11H2,1-3H3/t12-/m0/s1. The van der Waals surface area contributed by atoms with Gasteiger partial charge in [-0.25, -0.2) is 0 Å². The Hall–Kier alpha value is -2.37. The smallest absolute Gasteiger partial charge is 0.245 e. The van der Waals surface area contributed by atoms with Crippen LogP contribution >= 0.6 is 0 Å². The average Bonchev–Trinajstić information content (AvgIpc) is 2.49. The van der Waals surface area contributed by atoms with Crippen molar-refractivity contribution >= 4 is 17.7 Å². The molecule has 1 saturated heterocycles. The van der Waals surface area contributed by atoms with Crippen LogP contribution in [0.2, 0.25) is 0 Å². The first-order valence-corrected chi connectivity index (χ1v) is 7.22. The van der Waals surface area contributed by atoms with Crippen molar-refractivity contribution in [3.8, 4) is 0 Å². The van der Waals surface area contributed by atoms with Crippen LogP contribution in [0.3, 0.4) is 0 Å². The van der Waals surface area contributed by atoms with Gasteiger partial charge in [0.1, 0.15) is 19.1 Å². The highest BCUT2D eigenvalue weighted by Crippen LogP contribution is 2.15. The highest BCUT2D eigenvalue weighted by molar-refractivity contribution is 5.96. The number of hydrogen-bond donors (Lipinski definition) is 0. The molecule has 22 heavy (non-hydrogen) atoms. The molecule has 1 fully saturated rings. The topological polar surface area (TPSA) is 60.9 Å². The van der Waals surface area contributed by atoms with E-state index in [2.05, 4.69) is 0 Å². The number of benzene rings is 1. The van der Waals surface area contributed by atoms with E-state index in [1.807, 2.05) is 30.3 Å². The lowest BCUT2D eigenvalue weighted by Crippen LogP contribution is -2.60. The number of likely N-dealkylation sites (N-methyl/N-ethyl adjacent to an activating group) is 1. The Bertz CT molecular complexity index is 571. The summed E-state index contributed by atoms with van der Waals surface area (Å²) in [7, 11) is 3.26. The molecule has 1 atom stereocenters. The van der Waals surface area contributed by atoms with Crippen LogP contribution < -0.4 is 0 Å². The fraction of sp³-hybridized carbons (Fsp3) is 0.438. The second-order valence-corrected chi connectivity index (χ2v) is 5.67. The Morgan fingerprint density at radius 1 is 1.23 bits per heavy atom. The third kappa shape index (κ3) is 3.44. The lowest BCUT2D eigenvalue weighted by atomic mass is 10.1. The van der Waals surface area contributed by atoms with Crippen LogP contribution in [0.4, 0.5) is 0 Å². The first-order chi connectivity index (χ1) is 10.4. The molecule has 0 N–H and O–H groups in total. The highest BCUT2D eigenvalue weighted by Gasteiger charge is 2.37. The molecule has 0 aromatic heterocycles. The van der Waals surface area contributed by atoms with Gasteiger partial charge in [0.15, 0.2) is 0 Å². The van der Waals surface area contributed by atoms with E-state index in [-0.39, 0.29) is 30.8 Å². The Kier molecular flexibility index (Phi) is 4.80. The Morgan fingerprint density at radius 2 is 1.86 bits per heavy atom. The van der Waals surface area contributed by atoms with Gasteiger partial charge in [0.25, 0.3) is 0 Å². The van der Waals surface area contributed by atoms with E-state index in [0.29, 0.717) is 6.54 Å². The molecule has 1 aliphatic rings. The molecular weight excluding hydrogens is 282 g/mol. The summed E-state index contributed by atoms with van der Waals surface area (Å²) >= 11 is 0. The summed E-state index contributed by atoms with van der Waals surface area (Å²) in [4.78, 5) is 40.8. The number of piperazine rings is 1. The van der Waals surface area contributed by atoms with E-state index in [1.165, 1.54) is 9.80 Å². The quantitative estimate of drug-likeness (QED) is 0.805. The van der Waals surface area contributed by atoms with Crippen LogP contribution in [0.15, 0.2) is 30.3 Å². The van der Waals surface area contributed by atoms with Crippen molar-refractivity contribution in [1.82, 2.24) is 14.7 Å². The van der Waals surface area contributed by atoms with Crippen molar-refractivity contribution in [1.29, 1.82) is 0 Å². The molecule has 0 spiro atoms. The van der Waals surface area contributed by atoms with Gasteiger partial charge < -0.3 is 14.7 Å². The van der Waals surface area contributed by atoms with E-state index in [0.717, 1.165) is 5.56 Å². The molecule has 3 amide bonds. The number of hydrogen-bond acceptors (Lipinski definition) is 3. The molecule has 1 aromatic rings. The molecule has 0 bridgehead atoms. The number of amides is 3. The Balaban J connectivity index is 2.07. The summed E-state index contributed by atoms with van der Waals surface area (Å²) in [5.41, 5.74) is 0.980. The predicted octanol–water partition coefficient (Wildman–Crippen LogP) is 0.334. The summed E-state index contributed by atoms with van der Waals surface area (Å²) in [6, 6.07) is 8.93. The van der Waals surface area contributed by atoms with E-state index in [1.54, 1.807) is 25.9 Å². The minimum absolute atomic E-state index is 0.0127. The minimum Gasteiger partial charge on any atom is -0.347 e. The van der Waals surface area contributed by atoms with E-state index < -0.39 is 6.04 Å². The van der Waals surface area contributed by atoms with Crippen molar-refractivity contribution in [3.63, 3.8) is 0 Å². The minimum atomic E-state index is -0.617. The van der Waals surface area contributed by atoms with Crippen molar-refractivity contribution in [2.45, 2.75) is 19.5 Å². The van der Waals surface area contributed by atoms with Crippen molar-refractivity contribution in [3.05, 3.63) is 35.9 Å². The number of nitrogens with zero attached hydrogens (tertiary/aromatic N) is 3. The molecule has 1 aromatic carbocycles. The maximum absolute atomic E-state index is 12.4. The summed E-state index contributed by atoms with van der Waals surface area (Å²) < 4.78 is 0. The largest absolute Gasteiger partial charge is 0.347 e. The first-order valence-electron chi connectivity index (χ1n) is 7.22. The number of carbonyl (C=O) groups is 3. The molecule has 2 rings (SSSR count). The average molecular weight is 303 g/mol. The van der Waals surface area contributed by atoms with Gasteiger partial charge in [-0.3, -0.25) is 14.4 Å². The zero-order chi connectivity index (χ0) is 16.3. The summed E-state index contributed by atoms with van der Waals surface area (Å²) in [6.07, 6.45) is 0. The van der Waals surface area contributed by atoms with Crippen LogP contribution in [0.1, 0.15) is 12.5 Å². The Labute approximate surface area is 130 Å². The monoisotopic (exact) mass is 303 g/mol. The maximum atomic E-state index is 12.4. The van der Waals surface area contributed by atoms with Crippen molar-refractivity contribution < 1.29 is 14.4 Å². The van der Waals surface area contributed by atoms with Gasteiger partial charge in [0.2, 0.25) is 17.7 Å². The zero-order valence-corrected chi connectivity index (χ0v) is 13.2. The van der Waals surface area contributed by atoms with Crippen LogP contribution in [0, 0.1) is 0 Å². The van der Waals surface area contributed by atoms with Gasteiger partial charge in [-0.1, -0.05) is 30.3 Å². The second kappa shape index (κ2) is 6.60. The van der Waals surface area contributed by atoms with Crippen LogP contribution in [0.5, 0.6) is 0 Å². The third-order valence-electron chi connectivity index (χ3n) is 3.80. The highest BCUT2D eigenvalue weighted by atomic mass is 16.2. The lowest BCUT2D eigenvalue weighted by Gasteiger charge is -2.38. The summed E-state index contributed by atoms with van der Waals surface area (Å²) in [5, 5.41) is 0. The van der Waals surface area contributed by atoms with Gasteiger partial charge in [-0.15, -0.1) is 0 Å². The predicted molar refractivity (Wildman–Crippen MR) is 81.7 cm³/mol. The molecule has 6 nitrogen and oxygen atoms in total. The zero-order valence-electron chi connectivity index (χ0n) is 13.2. The Morgan fingerprint density at radius 3 is 2.45 bits per heavy atom. The van der Waals surface area contributed by atoms with E-state index in [4.69, 9.17) is 0 Å². The molecule has 1 heterocycles. The molecule has 118 valence electrons. The van der Waals surface area contributed by atoms with Crippen LogP contribution in [-0.4, -0.2) is 65.6 Å². The van der Waals surface area contributed by atoms with Crippen molar-refractivity contribution in [2.24, 2.45) is 0 Å². The normalized spacial score (nSPS) is 18.6. The fourth-order valence-electron chi connectivity index (χ4n) is 2.40. The first kappa shape index (κ1) is 16.0. The van der Waals surface area contributed by atoms with Gasteiger partial charge in [-0.2, -0.15) is 0 Å². The maximum Gasteiger partial charge on any atom is 0.245 e. The van der Waals surface area contributed by atoms with Gasteiger partial charge in [-0.05, 0) is 12.5 Å². The lowest BCUT2D eigenvalue weighted by molar-refractivity contribution is -0.157. The molecule has 0 radical (unpaired) electrons. The SMILES string of the molecule is C[C@H]1C(=O)N(Cc2ccccc2)CC(=O)N1CC(=O)N(C)C. The van der Waals surface area contributed by atoms with Gasteiger partial charge in [0.05, 0.1) is 0 Å². The molecule has 0 unspecified atom stereocenters. The molecule has 6 heteroatoms. The summed E-state index contributed by atoms with van der Waals surface area (Å²) in [6.45, 7) is 2.03. The van der Waals surface area contributed by atoms with Crippen molar-refractivity contribution in [2.75, 3.05) is 27.2 Å². The number of carbonyl (C=O) groups excluding carboxylic acids is 3. The van der Waals surface area contributed by atoms with Crippen LogP contribution in [0.25, 0.3) is 0 Å². The van der Waals surface area contributed by atoms with Gasteiger partial charge in [0, 0.05) is 20.6 Å². The van der Waals surface area contributed by atoms with Crippen LogP contribution in [-0.2, 0) is 20.9 Å². The van der Waals surface area contributed by atoms with Gasteiger partial charge >= 0.3 is 0 Å².